The Morgan fingerprint density at radius 3 is 1.67 bits per heavy atom. The van der Waals surface area contributed by atoms with E-state index >= 15 is 0 Å². The minimum atomic E-state index is 0.574. The number of hydrogen-bond donors (Lipinski definition) is 0. The highest BCUT2D eigenvalue weighted by atomic mass is 16.1. The van der Waals surface area contributed by atoms with Crippen molar-refractivity contribution in [3.8, 4) is 0 Å². The second kappa shape index (κ2) is 0.292. The molecule has 6 heavy (non-hydrogen) atoms. The van der Waals surface area contributed by atoms with Crippen LogP contribution in [0.3, 0.4) is 0 Å². The molecule has 4 aliphatic rings. The van der Waals surface area contributed by atoms with Gasteiger partial charge in [-0.15, -0.1) is 0 Å². The zero-order chi connectivity index (χ0) is 3.89. The molecular weight excluding hydrogens is 76.1 g/mol. The highest BCUT2D eigenvalue weighted by molar-refractivity contribution is 6.05. The summed E-state index contributed by atoms with van der Waals surface area (Å²) in [4.78, 5) is 10.3. The lowest BCUT2D eigenvalue weighted by molar-refractivity contribution is -0.133. The van der Waals surface area contributed by atoms with E-state index in [4.69, 9.17) is 0 Å². The van der Waals surface area contributed by atoms with Crippen LogP contribution in [0, 0.1) is 23.7 Å². The summed E-state index contributed by atoms with van der Waals surface area (Å²) in [5.41, 5.74) is 0. The summed E-state index contributed by atoms with van der Waals surface area (Å²) in [5, 5.41) is 0. The molecule has 1 heteroatoms. The summed E-state index contributed by atoms with van der Waals surface area (Å²) in [6, 6.07) is 0. The topological polar surface area (TPSA) is 17.1 Å². The van der Waals surface area contributed by atoms with Crippen LogP contribution < -0.4 is 0 Å². The van der Waals surface area contributed by atoms with Crippen LogP contribution in [0.5, 0.6) is 0 Å². The van der Waals surface area contributed by atoms with Crippen LogP contribution in [0.1, 0.15) is 0 Å². The molecule has 2 bridgehead atoms. The average Bonchev–Trinajstić information content (AvgIpc) is 2.10. The fourth-order valence-electron chi connectivity index (χ4n) is 1.76. The van der Waals surface area contributed by atoms with Crippen LogP contribution in [-0.2, 0) is 4.79 Å². The summed E-state index contributed by atoms with van der Waals surface area (Å²) < 4.78 is 0. The molecule has 4 rings (SSSR count). The SMILES string of the molecule is O=C1C2C3C1C23. The Morgan fingerprint density at radius 2 is 1.67 bits per heavy atom. The largest absolute Gasteiger partial charge is 0.299 e. The van der Waals surface area contributed by atoms with Crippen LogP contribution in [-0.4, -0.2) is 5.78 Å². The van der Waals surface area contributed by atoms with Gasteiger partial charge in [-0.2, -0.15) is 0 Å². The number of rotatable bonds is 0. The average molecular weight is 80.1 g/mol. The highest BCUT2D eigenvalue weighted by Gasteiger charge is 2.89. The first kappa shape index (κ1) is 2.10. The van der Waals surface area contributed by atoms with Gasteiger partial charge in [0.25, 0.3) is 0 Å². The molecule has 0 radical (unpaired) electrons. The lowest BCUT2D eigenvalue weighted by Gasteiger charge is -2.20. The first-order chi connectivity index (χ1) is 2.91. The summed E-state index contributed by atoms with van der Waals surface area (Å²) in [5.74, 6) is 3.70. The van der Waals surface area contributed by atoms with E-state index in [9.17, 15) is 4.79 Å². The minimum Gasteiger partial charge on any atom is -0.299 e. The number of ketones is 1. The maximum absolute atomic E-state index is 10.3. The van der Waals surface area contributed by atoms with Gasteiger partial charge in [-0.1, -0.05) is 0 Å². The highest BCUT2D eigenvalue weighted by Crippen LogP contribution is 2.85. The third-order valence-electron chi connectivity index (χ3n) is 2.48. The van der Waals surface area contributed by atoms with E-state index < -0.39 is 0 Å². The molecule has 0 spiro atoms. The van der Waals surface area contributed by atoms with Gasteiger partial charge in [-0.05, 0) is 11.8 Å². The van der Waals surface area contributed by atoms with Crippen LogP contribution >= 0.6 is 0 Å². The maximum atomic E-state index is 10.3. The monoisotopic (exact) mass is 80.0 g/mol. The third-order valence-corrected chi connectivity index (χ3v) is 2.48. The molecular formula is C5H4O. The Kier molecular flexibility index (Phi) is 0.102. The molecule has 30 valence electrons. The molecule has 4 fully saturated rings. The fraction of sp³-hybridized carbons (Fsp3) is 0.800. The third kappa shape index (κ3) is 0.0467. The van der Waals surface area contributed by atoms with E-state index in [0.717, 1.165) is 11.8 Å². The Bertz CT molecular complexity index is 126. The minimum absolute atomic E-state index is 0.574. The van der Waals surface area contributed by atoms with Gasteiger partial charge in [-0.3, -0.25) is 4.79 Å². The molecule has 0 saturated heterocycles. The smallest absolute Gasteiger partial charge is 0.140 e. The molecule has 0 heterocycles. The second-order valence-corrected chi connectivity index (χ2v) is 2.61. The van der Waals surface area contributed by atoms with Crippen LogP contribution in [0.4, 0.5) is 0 Å². The zero-order valence-electron chi connectivity index (χ0n) is 3.22. The molecule has 0 aromatic rings. The number of carbonyl (C=O) groups excluding carboxylic acids is 1. The van der Waals surface area contributed by atoms with Gasteiger partial charge in [0.1, 0.15) is 5.78 Å². The molecule has 0 unspecified atom stereocenters. The molecule has 0 aromatic heterocycles. The van der Waals surface area contributed by atoms with Crippen molar-refractivity contribution in [1.29, 1.82) is 0 Å². The predicted octanol–water partition coefficient (Wildman–Crippen LogP) is 0.0611. The summed E-state index contributed by atoms with van der Waals surface area (Å²) in [7, 11) is 0. The van der Waals surface area contributed by atoms with Crippen molar-refractivity contribution in [2.24, 2.45) is 23.7 Å². The Hall–Kier alpha value is -0.330. The van der Waals surface area contributed by atoms with Crippen molar-refractivity contribution in [3.05, 3.63) is 0 Å². The molecule has 4 aliphatic carbocycles. The van der Waals surface area contributed by atoms with E-state index in [0.29, 0.717) is 17.6 Å². The van der Waals surface area contributed by atoms with Gasteiger partial charge in [0.15, 0.2) is 0 Å². The van der Waals surface area contributed by atoms with Crippen molar-refractivity contribution < 1.29 is 4.79 Å². The van der Waals surface area contributed by atoms with Gasteiger partial charge in [-0.25, -0.2) is 0 Å². The van der Waals surface area contributed by atoms with Crippen molar-refractivity contribution in [1.82, 2.24) is 0 Å². The maximum Gasteiger partial charge on any atom is 0.140 e. The molecule has 0 aliphatic heterocycles. The quantitative estimate of drug-likeness (QED) is 0.402. The van der Waals surface area contributed by atoms with E-state index in [1.807, 2.05) is 0 Å². The summed E-state index contributed by atoms with van der Waals surface area (Å²) >= 11 is 0. The van der Waals surface area contributed by atoms with E-state index in [-0.39, 0.29) is 0 Å². The lowest BCUT2D eigenvalue weighted by Crippen LogP contribution is -2.31. The number of Topliss-reactive ketones (excluding diaryl/α,β-unsaturated/α-hetero) is 1. The van der Waals surface area contributed by atoms with Gasteiger partial charge in [0, 0.05) is 11.8 Å². The number of carbonyl (C=O) groups is 1. The summed E-state index contributed by atoms with van der Waals surface area (Å²) in [6.45, 7) is 0. The van der Waals surface area contributed by atoms with Gasteiger partial charge in [0.2, 0.25) is 0 Å². The molecule has 4 saturated carbocycles. The van der Waals surface area contributed by atoms with Crippen molar-refractivity contribution in [2.45, 2.75) is 0 Å². The second-order valence-electron chi connectivity index (χ2n) is 2.61. The van der Waals surface area contributed by atoms with E-state index in [1.165, 1.54) is 0 Å². The molecule has 0 atom stereocenters. The normalized spacial score (nSPS) is 78.3. The van der Waals surface area contributed by atoms with Crippen LogP contribution in [0.25, 0.3) is 0 Å². The Balaban J connectivity index is 2.30. The molecule has 0 amide bonds. The van der Waals surface area contributed by atoms with Gasteiger partial charge < -0.3 is 0 Å². The zero-order valence-corrected chi connectivity index (χ0v) is 3.22. The van der Waals surface area contributed by atoms with Crippen molar-refractivity contribution >= 4 is 5.78 Å². The lowest BCUT2D eigenvalue weighted by atomic mass is 9.82. The molecule has 0 aromatic carbocycles. The Morgan fingerprint density at radius 1 is 1.17 bits per heavy atom. The standard InChI is InChI=1S/C5H4O/c6-5-3-1-2(3)4(1)5/h1-4H. The van der Waals surface area contributed by atoms with E-state index in [2.05, 4.69) is 0 Å². The molecule has 0 N–H and O–H groups in total. The van der Waals surface area contributed by atoms with Gasteiger partial charge in [0.05, 0.1) is 0 Å². The predicted molar refractivity (Wildman–Crippen MR) is 19.0 cm³/mol. The van der Waals surface area contributed by atoms with Crippen LogP contribution in [0.2, 0.25) is 0 Å². The first-order valence-electron chi connectivity index (χ1n) is 2.45. The van der Waals surface area contributed by atoms with Crippen molar-refractivity contribution in [3.63, 3.8) is 0 Å². The van der Waals surface area contributed by atoms with E-state index in [1.54, 1.807) is 0 Å². The van der Waals surface area contributed by atoms with Crippen LogP contribution in [0.15, 0.2) is 0 Å². The molecule has 1 nitrogen and oxygen atoms in total. The first-order valence-corrected chi connectivity index (χ1v) is 2.45. The summed E-state index contributed by atoms with van der Waals surface area (Å²) in [6.07, 6.45) is 0. The number of hydrogen-bond acceptors (Lipinski definition) is 1. The fourth-order valence-corrected chi connectivity index (χ4v) is 1.76. The van der Waals surface area contributed by atoms with Crippen molar-refractivity contribution in [2.75, 3.05) is 0 Å². The van der Waals surface area contributed by atoms with Gasteiger partial charge >= 0.3 is 0 Å². The Labute approximate surface area is 35.3 Å².